The number of thiazole rings is 1. The third-order valence-corrected chi connectivity index (χ3v) is 5.82. The highest BCUT2D eigenvalue weighted by atomic mass is 32.2. The van der Waals surface area contributed by atoms with Crippen LogP contribution in [-0.2, 0) is 12.2 Å². The van der Waals surface area contributed by atoms with Crippen molar-refractivity contribution in [1.29, 1.82) is 0 Å². The Kier molecular flexibility index (Phi) is 5.50. The average Bonchev–Trinajstić information content (AvgIpc) is 3.35. The third-order valence-electron chi connectivity index (χ3n) is 4.08. The highest BCUT2D eigenvalue weighted by molar-refractivity contribution is 7.98. The van der Waals surface area contributed by atoms with E-state index in [-0.39, 0.29) is 5.91 Å². The van der Waals surface area contributed by atoms with Crippen molar-refractivity contribution in [2.45, 2.75) is 17.1 Å². The summed E-state index contributed by atoms with van der Waals surface area (Å²) in [6, 6.07) is 15.6. The normalized spacial score (nSPS) is 11.0. The Bertz CT molecular complexity index is 1010. The molecular weight excluding hydrogens is 376 g/mol. The molecule has 1 amide bonds. The monoisotopic (exact) mass is 394 g/mol. The number of thioether (sulfide) groups is 1. The molecule has 0 radical (unpaired) electrons. The molecule has 0 atom stereocenters. The van der Waals surface area contributed by atoms with Crippen molar-refractivity contribution in [2.24, 2.45) is 0 Å². The van der Waals surface area contributed by atoms with Crippen LogP contribution in [0.3, 0.4) is 0 Å². The molecule has 0 fully saturated rings. The van der Waals surface area contributed by atoms with E-state index < -0.39 is 0 Å². The molecule has 0 aliphatic carbocycles. The summed E-state index contributed by atoms with van der Waals surface area (Å²) in [5.41, 5.74) is 5.52. The topological polar surface area (TPSA) is 70.7 Å². The highest BCUT2D eigenvalue weighted by Gasteiger charge is 2.12. The van der Waals surface area contributed by atoms with E-state index in [0.717, 1.165) is 33.2 Å². The minimum Gasteiger partial charge on any atom is -0.352 e. The number of nitrogens with one attached hydrogen (secondary N) is 2. The fraction of sp³-hybridized carbons (Fsp3) is 0.150. The molecule has 0 saturated heterocycles. The molecule has 4 aromatic rings. The summed E-state index contributed by atoms with van der Waals surface area (Å²) in [4.78, 5) is 25.7. The van der Waals surface area contributed by atoms with E-state index in [1.165, 1.54) is 0 Å². The number of aromatic amines is 1. The molecule has 0 bridgehead atoms. The van der Waals surface area contributed by atoms with E-state index in [0.29, 0.717) is 18.5 Å². The summed E-state index contributed by atoms with van der Waals surface area (Å²) in [7, 11) is 0. The van der Waals surface area contributed by atoms with Gasteiger partial charge in [0, 0.05) is 29.0 Å². The van der Waals surface area contributed by atoms with Gasteiger partial charge in [0.05, 0.1) is 27.8 Å². The number of para-hydroxylation sites is 2. The Hall–Kier alpha value is -2.64. The summed E-state index contributed by atoms with van der Waals surface area (Å²) >= 11 is 3.21. The summed E-state index contributed by atoms with van der Waals surface area (Å²) in [5, 5.41) is 5.03. The molecule has 0 aliphatic heterocycles. The number of hydrogen-bond donors (Lipinski definition) is 2. The number of carbonyl (C=O) groups is 1. The van der Waals surface area contributed by atoms with Gasteiger partial charge < -0.3 is 10.3 Å². The quantitative estimate of drug-likeness (QED) is 0.459. The predicted molar refractivity (Wildman–Crippen MR) is 110 cm³/mol. The van der Waals surface area contributed by atoms with Crippen molar-refractivity contribution >= 4 is 40.0 Å². The fourth-order valence-electron chi connectivity index (χ4n) is 2.75. The number of hydrogen-bond acceptors (Lipinski definition) is 5. The number of fused-ring (bicyclic) bond motifs is 1. The molecule has 27 heavy (non-hydrogen) atoms. The van der Waals surface area contributed by atoms with Crippen LogP contribution in [0.1, 0.15) is 21.9 Å². The molecule has 2 N–H and O–H groups in total. The van der Waals surface area contributed by atoms with Crippen LogP contribution >= 0.6 is 23.1 Å². The number of imidazole rings is 1. The standard InChI is InChI=1S/C20H18N4OS2/c25-20(21-10-9-19-23-16-6-2-3-7-17(16)24-19)15-5-1-4-8-18(15)27-12-14-11-26-13-22-14/h1-8,11,13H,9-10,12H2,(H,21,25)(H,23,24). The number of benzene rings is 2. The van der Waals surface area contributed by atoms with Gasteiger partial charge in [-0.25, -0.2) is 9.97 Å². The first-order valence-corrected chi connectivity index (χ1v) is 10.5. The number of amides is 1. The second-order valence-corrected chi connectivity index (χ2v) is 7.71. The van der Waals surface area contributed by atoms with Gasteiger partial charge in [0.15, 0.2) is 0 Å². The van der Waals surface area contributed by atoms with Crippen molar-refractivity contribution in [3.63, 3.8) is 0 Å². The second-order valence-electron chi connectivity index (χ2n) is 5.97. The van der Waals surface area contributed by atoms with Crippen molar-refractivity contribution in [2.75, 3.05) is 6.54 Å². The van der Waals surface area contributed by atoms with Gasteiger partial charge >= 0.3 is 0 Å². The van der Waals surface area contributed by atoms with Gasteiger partial charge in [0.1, 0.15) is 5.82 Å². The lowest BCUT2D eigenvalue weighted by Crippen LogP contribution is -2.26. The lowest BCUT2D eigenvalue weighted by Gasteiger charge is -2.09. The van der Waals surface area contributed by atoms with Crippen LogP contribution < -0.4 is 5.32 Å². The largest absolute Gasteiger partial charge is 0.352 e. The van der Waals surface area contributed by atoms with E-state index >= 15 is 0 Å². The lowest BCUT2D eigenvalue weighted by atomic mass is 10.2. The number of H-pyrrole nitrogens is 1. The third kappa shape index (κ3) is 4.37. The van der Waals surface area contributed by atoms with Crippen molar-refractivity contribution in [1.82, 2.24) is 20.3 Å². The molecule has 4 rings (SSSR count). The van der Waals surface area contributed by atoms with Gasteiger partial charge in [-0.2, -0.15) is 0 Å². The Labute approximate surface area is 165 Å². The molecule has 0 saturated carbocycles. The van der Waals surface area contributed by atoms with E-state index in [4.69, 9.17) is 0 Å². The summed E-state index contributed by atoms with van der Waals surface area (Å²) in [6.07, 6.45) is 0.661. The highest BCUT2D eigenvalue weighted by Crippen LogP contribution is 2.26. The van der Waals surface area contributed by atoms with Crippen molar-refractivity contribution < 1.29 is 4.79 Å². The Balaban J connectivity index is 1.36. The fourth-order valence-corrected chi connectivity index (χ4v) is 4.37. The lowest BCUT2D eigenvalue weighted by molar-refractivity contribution is 0.0951. The first-order valence-electron chi connectivity index (χ1n) is 8.60. The second kappa shape index (κ2) is 8.37. The van der Waals surface area contributed by atoms with Crippen LogP contribution in [-0.4, -0.2) is 27.4 Å². The van der Waals surface area contributed by atoms with E-state index in [1.807, 2.05) is 59.4 Å². The van der Waals surface area contributed by atoms with E-state index in [9.17, 15) is 4.79 Å². The van der Waals surface area contributed by atoms with Crippen LogP contribution in [0.25, 0.3) is 11.0 Å². The summed E-state index contributed by atoms with van der Waals surface area (Å²) in [5.74, 6) is 1.57. The Morgan fingerprint density at radius 1 is 1.15 bits per heavy atom. The SMILES string of the molecule is O=C(NCCc1nc2ccccc2[nH]1)c1ccccc1SCc1cscn1. The van der Waals surface area contributed by atoms with Crippen LogP contribution in [0, 0.1) is 0 Å². The average molecular weight is 395 g/mol. The van der Waals surface area contributed by atoms with Crippen LogP contribution in [0.5, 0.6) is 0 Å². The van der Waals surface area contributed by atoms with Gasteiger partial charge in [0.25, 0.3) is 5.91 Å². The van der Waals surface area contributed by atoms with Crippen molar-refractivity contribution in [3.8, 4) is 0 Å². The van der Waals surface area contributed by atoms with Crippen LogP contribution in [0.4, 0.5) is 0 Å². The Morgan fingerprint density at radius 3 is 2.85 bits per heavy atom. The Morgan fingerprint density at radius 2 is 2.00 bits per heavy atom. The maximum Gasteiger partial charge on any atom is 0.252 e. The summed E-state index contributed by atoms with van der Waals surface area (Å²) in [6.45, 7) is 0.531. The van der Waals surface area contributed by atoms with Gasteiger partial charge in [-0.15, -0.1) is 23.1 Å². The zero-order valence-electron chi connectivity index (χ0n) is 14.5. The first-order chi connectivity index (χ1) is 13.3. The maximum absolute atomic E-state index is 12.6. The molecule has 136 valence electrons. The molecule has 0 aliphatic rings. The van der Waals surface area contributed by atoms with E-state index in [1.54, 1.807) is 23.1 Å². The first kappa shape index (κ1) is 17.8. The predicted octanol–water partition coefficient (Wildman–Crippen LogP) is 4.28. The van der Waals surface area contributed by atoms with Gasteiger partial charge in [0.2, 0.25) is 0 Å². The minimum absolute atomic E-state index is 0.0625. The molecular formula is C20H18N4OS2. The number of nitrogens with zero attached hydrogens (tertiary/aromatic N) is 2. The smallest absolute Gasteiger partial charge is 0.252 e. The number of rotatable bonds is 7. The van der Waals surface area contributed by atoms with Gasteiger partial charge in [-0.05, 0) is 24.3 Å². The maximum atomic E-state index is 12.6. The van der Waals surface area contributed by atoms with Gasteiger partial charge in [-0.3, -0.25) is 4.79 Å². The molecule has 2 aromatic heterocycles. The number of carbonyl (C=O) groups excluding carboxylic acids is 1. The van der Waals surface area contributed by atoms with Crippen molar-refractivity contribution in [3.05, 3.63) is 76.5 Å². The number of aromatic nitrogens is 3. The molecule has 7 heteroatoms. The van der Waals surface area contributed by atoms with E-state index in [2.05, 4.69) is 20.3 Å². The molecule has 5 nitrogen and oxygen atoms in total. The molecule has 2 heterocycles. The minimum atomic E-state index is -0.0625. The summed E-state index contributed by atoms with van der Waals surface area (Å²) < 4.78 is 0. The van der Waals surface area contributed by atoms with Gasteiger partial charge in [-0.1, -0.05) is 24.3 Å². The van der Waals surface area contributed by atoms with Crippen LogP contribution in [0.2, 0.25) is 0 Å². The molecule has 2 aromatic carbocycles. The van der Waals surface area contributed by atoms with Crippen LogP contribution in [0.15, 0.2) is 64.3 Å². The zero-order chi connectivity index (χ0) is 18.5. The molecule has 0 spiro atoms. The molecule has 0 unspecified atom stereocenters. The zero-order valence-corrected chi connectivity index (χ0v) is 16.1.